The Morgan fingerprint density at radius 1 is 1.07 bits per heavy atom. The van der Waals surface area contributed by atoms with Crippen LogP contribution in [-0.4, -0.2) is 57.1 Å². The van der Waals surface area contributed by atoms with Crippen LogP contribution in [0.1, 0.15) is 33.4 Å². The fourth-order valence-electron chi connectivity index (χ4n) is 3.62. The second kappa shape index (κ2) is 8.40. The molecule has 0 radical (unpaired) electrons. The van der Waals surface area contributed by atoms with E-state index in [0.717, 1.165) is 0 Å². The van der Waals surface area contributed by atoms with Gasteiger partial charge in [0.05, 0.1) is 20.3 Å². The first-order chi connectivity index (χ1) is 13.9. The summed E-state index contributed by atoms with van der Waals surface area (Å²) in [6.45, 7) is 0.105. The second-order valence-electron chi connectivity index (χ2n) is 6.59. The van der Waals surface area contributed by atoms with Crippen molar-refractivity contribution in [2.75, 3.05) is 35.2 Å². The van der Waals surface area contributed by atoms with Gasteiger partial charge in [-0.25, -0.2) is 0 Å². The number of methoxy groups -OCH3 is 3. The minimum atomic E-state index is -1.04. The van der Waals surface area contributed by atoms with E-state index in [1.54, 1.807) is 37.4 Å². The number of benzene rings is 2. The van der Waals surface area contributed by atoms with Crippen LogP contribution in [0.25, 0.3) is 0 Å². The Morgan fingerprint density at radius 2 is 1.69 bits per heavy atom. The Kier molecular flexibility index (Phi) is 5.93. The number of amides is 1. The van der Waals surface area contributed by atoms with Gasteiger partial charge in [0, 0.05) is 19.7 Å². The summed E-state index contributed by atoms with van der Waals surface area (Å²) < 4.78 is 20.8. The molecule has 2 atom stereocenters. The Hall–Kier alpha value is -3.26. The van der Waals surface area contributed by atoms with Crippen molar-refractivity contribution in [2.45, 2.75) is 12.0 Å². The van der Waals surface area contributed by atoms with E-state index in [4.69, 9.17) is 18.9 Å². The van der Waals surface area contributed by atoms with Crippen LogP contribution in [0.15, 0.2) is 36.4 Å². The highest BCUT2D eigenvalue weighted by atomic mass is 16.7. The molecule has 1 N–H and O–H groups in total. The molecule has 0 aliphatic carbocycles. The van der Waals surface area contributed by atoms with E-state index in [1.807, 2.05) is 0 Å². The molecular weight excluding hydrogens is 378 g/mol. The van der Waals surface area contributed by atoms with Crippen molar-refractivity contribution in [3.05, 3.63) is 53.1 Å². The number of carbonyl (C=O) groups excluding carboxylic acids is 1. The Labute approximate surface area is 168 Å². The van der Waals surface area contributed by atoms with Gasteiger partial charge in [-0.1, -0.05) is 12.1 Å². The lowest BCUT2D eigenvalue weighted by molar-refractivity contribution is -0.140. The molecule has 2 aromatic rings. The van der Waals surface area contributed by atoms with Gasteiger partial charge in [0.2, 0.25) is 0 Å². The molecule has 0 saturated heterocycles. The van der Waals surface area contributed by atoms with Crippen LogP contribution < -0.4 is 14.2 Å². The highest BCUT2D eigenvalue weighted by Crippen LogP contribution is 2.45. The summed E-state index contributed by atoms with van der Waals surface area (Å²) in [6.07, 6.45) is 0. The van der Waals surface area contributed by atoms with Gasteiger partial charge >= 0.3 is 5.97 Å². The van der Waals surface area contributed by atoms with E-state index >= 15 is 0 Å². The third-order valence-corrected chi connectivity index (χ3v) is 5.01. The van der Waals surface area contributed by atoms with Gasteiger partial charge in [-0.05, 0) is 35.4 Å². The van der Waals surface area contributed by atoms with Crippen LogP contribution in [0.3, 0.4) is 0 Å². The Bertz CT molecular complexity index is 910. The molecule has 0 aromatic heterocycles. The van der Waals surface area contributed by atoms with Crippen LogP contribution in [-0.2, 0) is 9.53 Å². The minimum Gasteiger partial charge on any atom is -0.493 e. The summed E-state index contributed by atoms with van der Waals surface area (Å²) in [4.78, 5) is 26.7. The van der Waals surface area contributed by atoms with E-state index in [-0.39, 0.29) is 18.3 Å². The quantitative estimate of drug-likeness (QED) is 0.713. The first-order valence-corrected chi connectivity index (χ1v) is 8.90. The van der Waals surface area contributed by atoms with E-state index < -0.39 is 17.9 Å². The molecule has 29 heavy (non-hydrogen) atoms. The summed E-state index contributed by atoms with van der Waals surface area (Å²) in [6, 6.07) is 9.34. The lowest BCUT2D eigenvalue weighted by Gasteiger charge is -2.39. The maximum absolute atomic E-state index is 13.0. The normalized spacial score (nSPS) is 18.2. The number of aliphatic carboxylic acids is 1. The summed E-state index contributed by atoms with van der Waals surface area (Å²) in [5.74, 6) is -0.977. The van der Waals surface area contributed by atoms with Gasteiger partial charge in [-0.15, -0.1) is 0 Å². The van der Waals surface area contributed by atoms with Gasteiger partial charge in [-0.3, -0.25) is 9.59 Å². The molecule has 8 heteroatoms. The summed E-state index contributed by atoms with van der Waals surface area (Å²) in [5.41, 5.74) is 1.36. The van der Waals surface area contributed by atoms with Crippen LogP contribution >= 0.6 is 0 Å². The van der Waals surface area contributed by atoms with Crippen molar-refractivity contribution in [3.63, 3.8) is 0 Å². The predicted octanol–water partition coefficient (Wildman–Crippen LogP) is 2.68. The largest absolute Gasteiger partial charge is 0.493 e. The molecular formula is C21H23NO7. The number of carboxylic acids is 1. The van der Waals surface area contributed by atoms with E-state index in [1.165, 1.54) is 32.3 Å². The number of rotatable bonds is 7. The number of hydrogen-bond donors (Lipinski definition) is 1. The summed E-state index contributed by atoms with van der Waals surface area (Å²) >= 11 is 0. The molecule has 8 nitrogen and oxygen atoms in total. The van der Waals surface area contributed by atoms with Crippen LogP contribution in [0.5, 0.6) is 17.2 Å². The number of fused-ring (bicyclic) bond motifs is 1. The van der Waals surface area contributed by atoms with E-state index in [9.17, 15) is 14.7 Å². The Morgan fingerprint density at radius 3 is 2.24 bits per heavy atom. The van der Waals surface area contributed by atoms with Gasteiger partial charge in [0.25, 0.3) is 5.91 Å². The van der Waals surface area contributed by atoms with E-state index in [2.05, 4.69) is 0 Å². The predicted molar refractivity (Wildman–Crippen MR) is 104 cm³/mol. The third kappa shape index (κ3) is 3.71. The Balaban J connectivity index is 2.09. The van der Waals surface area contributed by atoms with Crippen molar-refractivity contribution < 1.29 is 33.6 Å². The molecule has 0 unspecified atom stereocenters. The topological polar surface area (TPSA) is 94.5 Å². The van der Waals surface area contributed by atoms with Crippen LogP contribution in [0.2, 0.25) is 0 Å². The zero-order valence-corrected chi connectivity index (χ0v) is 16.7. The number of carbonyl (C=O) groups is 2. The molecule has 0 bridgehead atoms. The SMILES string of the molecule is COCOc1ccc([C@@H]2[C@H](C(=O)O)c3cc(OC)c(OC)cc3C(=O)N2C)cc1. The zero-order chi connectivity index (χ0) is 21.1. The first-order valence-electron chi connectivity index (χ1n) is 8.90. The molecule has 1 aliphatic rings. The van der Waals surface area contributed by atoms with Crippen molar-refractivity contribution in [1.82, 2.24) is 4.90 Å². The first kappa shape index (κ1) is 20.5. The zero-order valence-electron chi connectivity index (χ0n) is 16.7. The maximum atomic E-state index is 13.0. The summed E-state index contributed by atoms with van der Waals surface area (Å²) in [5, 5.41) is 10.0. The van der Waals surface area contributed by atoms with Crippen LogP contribution in [0, 0.1) is 0 Å². The van der Waals surface area contributed by atoms with Gasteiger partial charge in [0.15, 0.2) is 18.3 Å². The molecule has 0 spiro atoms. The van der Waals surface area contributed by atoms with E-state index in [0.29, 0.717) is 28.4 Å². The third-order valence-electron chi connectivity index (χ3n) is 5.01. The number of ether oxygens (including phenoxy) is 4. The second-order valence-corrected chi connectivity index (χ2v) is 6.59. The van der Waals surface area contributed by atoms with Crippen molar-refractivity contribution in [3.8, 4) is 17.2 Å². The highest BCUT2D eigenvalue weighted by molar-refractivity contribution is 6.01. The minimum absolute atomic E-state index is 0.105. The molecule has 0 fully saturated rings. The number of hydrogen-bond acceptors (Lipinski definition) is 6. The maximum Gasteiger partial charge on any atom is 0.313 e. The fraction of sp³-hybridized carbons (Fsp3) is 0.333. The van der Waals surface area contributed by atoms with Crippen LogP contribution in [0.4, 0.5) is 0 Å². The smallest absolute Gasteiger partial charge is 0.313 e. The lowest BCUT2D eigenvalue weighted by atomic mass is 9.80. The van der Waals surface area contributed by atoms with Gasteiger partial charge in [-0.2, -0.15) is 0 Å². The van der Waals surface area contributed by atoms with Crippen molar-refractivity contribution in [1.29, 1.82) is 0 Å². The van der Waals surface area contributed by atoms with Crippen molar-refractivity contribution >= 4 is 11.9 Å². The molecule has 0 saturated carbocycles. The average Bonchev–Trinajstić information content (AvgIpc) is 2.73. The number of likely N-dealkylation sites (N-methyl/N-ethyl adjacent to an activating group) is 1. The lowest BCUT2D eigenvalue weighted by Crippen LogP contribution is -2.42. The fourth-order valence-corrected chi connectivity index (χ4v) is 3.62. The molecule has 2 aromatic carbocycles. The van der Waals surface area contributed by atoms with Gasteiger partial charge in [0.1, 0.15) is 11.7 Å². The number of carboxylic acid groups (broad SMARTS) is 1. The molecule has 154 valence electrons. The molecule has 1 aliphatic heterocycles. The van der Waals surface area contributed by atoms with Crippen molar-refractivity contribution in [2.24, 2.45) is 0 Å². The molecule has 1 amide bonds. The highest BCUT2D eigenvalue weighted by Gasteiger charge is 2.43. The monoisotopic (exact) mass is 401 g/mol. The average molecular weight is 401 g/mol. The molecule has 1 heterocycles. The van der Waals surface area contributed by atoms with Gasteiger partial charge < -0.3 is 29.0 Å². The summed E-state index contributed by atoms with van der Waals surface area (Å²) in [7, 11) is 6.05. The molecule has 3 rings (SSSR count). The number of nitrogens with zero attached hydrogens (tertiary/aromatic N) is 1. The standard InChI is InChI=1S/C21H23NO7/c1-22-19(12-5-7-13(8-6-12)29-11-26-2)18(21(24)25)14-9-16(27-3)17(28-4)10-15(14)20(22)23/h5-10,18-19H,11H2,1-4H3,(H,24,25)/t18-,19-/m1/s1.